The van der Waals surface area contributed by atoms with Crippen LogP contribution in [0.2, 0.25) is 0 Å². The predicted molar refractivity (Wildman–Crippen MR) is 114 cm³/mol. The SMILES string of the molecule is CC1CC(NC(=O)c2ccc(-n3cnc4ccccc43)cc2)CCN1.Cl.Cl. The van der Waals surface area contributed by atoms with Crippen molar-refractivity contribution in [1.82, 2.24) is 20.2 Å². The molecule has 5 nitrogen and oxygen atoms in total. The van der Waals surface area contributed by atoms with Gasteiger partial charge in [0.15, 0.2) is 0 Å². The number of piperidine rings is 1. The summed E-state index contributed by atoms with van der Waals surface area (Å²) in [5.41, 5.74) is 3.72. The van der Waals surface area contributed by atoms with Crippen LogP contribution in [0.25, 0.3) is 16.7 Å². The number of benzene rings is 2. The third-order valence-corrected chi connectivity index (χ3v) is 4.82. The lowest BCUT2D eigenvalue weighted by atomic mass is 10.0. The number of hydrogen-bond acceptors (Lipinski definition) is 3. The molecule has 1 saturated heterocycles. The van der Waals surface area contributed by atoms with Crippen LogP contribution < -0.4 is 10.6 Å². The van der Waals surface area contributed by atoms with Gasteiger partial charge in [0.05, 0.1) is 11.0 Å². The number of fused-ring (bicyclic) bond motifs is 1. The number of aromatic nitrogens is 2. The molecule has 4 rings (SSSR count). The summed E-state index contributed by atoms with van der Waals surface area (Å²) in [6.45, 7) is 3.11. The van der Waals surface area contributed by atoms with Crippen LogP contribution in [0.4, 0.5) is 0 Å². The van der Waals surface area contributed by atoms with E-state index in [0.717, 1.165) is 36.1 Å². The van der Waals surface area contributed by atoms with Gasteiger partial charge >= 0.3 is 0 Å². The zero-order chi connectivity index (χ0) is 17.2. The molecule has 27 heavy (non-hydrogen) atoms. The molecule has 2 atom stereocenters. The van der Waals surface area contributed by atoms with Crippen molar-refractivity contribution in [2.75, 3.05) is 6.54 Å². The molecule has 0 saturated carbocycles. The molecule has 2 unspecified atom stereocenters. The number of imidazole rings is 1. The lowest BCUT2D eigenvalue weighted by molar-refractivity contribution is 0.0925. The highest BCUT2D eigenvalue weighted by molar-refractivity contribution is 5.94. The van der Waals surface area contributed by atoms with Gasteiger partial charge in [-0.1, -0.05) is 12.1 Å². The third kappa shape index (κ3) is 4.61. The number of nitrogens with zero attached hydrogens (tertiary/aromatic N) is 2. The molecule has 2 N–H and O–H groups in total. The van der Waals surface area contributed by atoms with E-state index in [0.29, 0.717) is 11.6 Å². The minimum atomic E-state index is 0. The van der Waals surface area contributed by atoms with Gasteiger partial charge in [0.1, 0.15) is 6.33 Å². The molecule has 1 aromatic heterocycles. The Morgan fingerprint density at radius 2 is 1.89 bits per heavy atom. The second-order valence-corrected chi connectivity index (χ2v) is 6.70. The molecular formula is C20H24Cl2N4O. The van der Waals surface area contributed by atoms with E-state index in [-0.39, 0.29) is 36.8 Å². The lowest BCUT2D eigenvalue weighted by Crippen LogP contribution is -2.46. The van der Waals surface area contributed by atoms with Crippen molar-refractivity contribution >= 4 is 41.8 Å². The van der Waals surface area contributed by atoms with E-state index in [1.807, 2.05) is 59.4 Å². The monoisotopic (exact) mass is 406 g/mol. The number of nitrogens with one attached hydrogen (secondary N) is 2. The molecule has 0 radical (unpaired) electrons. The molecule has 0 spiro atoms. The second kappa shape index (κ2) is 9.22. The highest BCUT2D eigenvalue weighted by Crippen LogP contribution is 2.18. The van der Waals surface area contributed by atoms with Crippen molar-refractivity contribution in [2.45, 2.75) is 31.8 Å². The summed E-state index contributed by atoms with van der Waals surface area (Å²) in [7, 11) is 0. The average molecular weight is 407 g/mol. The van der Waals surface area contributed by atoms with Gasteiger partial charge in [-0.2, -0.15) is 0 Å². The fourth-order valence-corrected chi connectivity index (χ4v) is 3.47. The summed E-state index contributed by atoms with van der Waals surface area (Å²) in [4.78, 5) is 16.9. The van der Waals surface area contributed by atoms with E-state index in [9.17, 15) is 4.79 Å². The maximum atomic E-state index is 12.5. The molecule has 1 aliphatic rings. The quantitative estimate of drug-likeness (QED) is 0.696. The molecule has 3 aromatic rings. The van der Waals surface area contributed by atoms with Crippen LogP contribution in [-0.4, -0.2) is 34.1 Å². The van der Waals surface area contributed by atoms with Crippen molar-refractivity contribution in [2.24, 2.45) is 0 Å². The molecule has 1 aliphatic heterocycles. The van der Waals surface area contributed by atoms with Crippen LogP contribution in [0.15, 0.2) is 54.9 Å². The van der Waals surface area contributed by atoms with Gasteiger partial charge in [-0.15, -0.1) is 24.8 Å². The first-order valence-electron chi connectivity index (χ1n) is 8.77. The Hall–Kier alpha value is -2.08. The van der Waals surface area contributed by atoms with Gasteiger partial charge in [-0.3, -0.25) is 9.36 Å². The smallest absolute Gasteiger partial charge is 0.251 e. The Morgan fingerprint density at radius 1 is 1.15 bits per heavy atom. The number of carbonyl (C=O) groups is 1. The molecule has 0 bridgehead atoms. The van der Waals surface area contributed by atoms with E-state index >= 15 is 0 Å². The molecule has 0 aliphatic carbocycles. The largest absolute Gasteiger partial charge is 0.349 e. The summed E-state index contributed by atoms with van der Waals surface area (Å²) in [6.07, 6.45) is 3.77. The molecule has 2 aromatic carbocycles. The zero-order valence-electron chi connectivity index (χ0n) is 15.1. The molecule has 1 fully saturated rings. The van der Waals surface area contributed by atoms with E-state index in [1.54, 1.807) is 0 Å². The first-order valence-corrected chi connectivity index (χ1v) is 8.77. The molecular weight excluding hydrogens is 383 g/mol. The van der Waals surface area contributed by atoms with Crippen LogP contribution in [0, 0.1) is 0 Å². The number of amides is 1. The molecule has 144 valence electrons. The van der Waals surface area contributed by atoms with Crippen molar-refractivity contribution in [3.05, 3.63) is 60.4 Å². The highest BCUT2D eigenvalue weighted by Gasteiger charge is 2.20. The van der Waals surface area contributed by atoms with E-state index in [4.69, 9.17) is 0 Å². The van der Waals surface area contributed by atoms with Gasteiger partial charge in [-0.25, -0.2) is 4.98 Å². The Kier molecular flexibility index (Phi) is 7.25. The zero-order valence-corrected chi connectivity index (χ0v) is 16.7. The van der Waals surface area contributed by atoms with Crippen LogP contribution in [0.1, 0.15) is 30.1 Å². The Labute approximate surface area is 171 Å². The van der Waals surface area contributed by atoms with Crippen molar-refractivity contribution in [3.8, 4) is 5.69 Å². The Morgan fingerprint density at radius 3 is 2.63 bits per heavy atom. The molecule has 7 heteroatoms. The number of rotatable bonds is 3. The van der Waals surface area contributed by atoms with Gasteiger partial charge < -0.3 is 10.6 Å². The Balaban J connectivity index is 0.00000131. The number of para-hydroxylation sites is 2. The summed E-state index contributed by atoms with van der Waals surface area (Å²) < 4.78 is 2.03. The van der Waals surface area contributed by atoms with E-state index in [1.165, 1.54) is 0 Å². The summed E-state index contributed by atoms with van der Waals surface area (Å²) >= 11 is 0. The van der Waals surface area contributed by atoms with Crippen LogP contribution >= 0.6 is 24.8 Å². The van der Waals surface area contributed by atoms with Gasteiger partial charge in [0.2, 0.25) is 0 Å². The lowest BCUT2D eigenvalue weighted by Gasteiger charge is -2.28. The second-order valence-electron chi connectivity index (χ2n) is 6.70. The van der Waals surface area contributed by atoms with Crippen LogP contribution in [-0.2, 0) is 0 Å². The first kappa shape index (κ1) is 21.2. The summed E-state index contributed by atoms with van der Waals surface area (Å²) in [5, 5.41) is 6.55. The fraction of sp³-hybridized carbons (Fsp3) is 0.300. The Bertz CT molecular complexity index is 894. The van der Waals surface area contributed by atoms with Crippen molar-refractivity contribution in [3.63, 3.8) is 0 Å². The fourth-order valence-electron chi connectivity index (χ4n) is 3.47. The first-order chi connectivity index (χ1) is 12.2. The van der Waals surface area contributed by atoms with E-state index in [2.05, 4.69) is 22.5 Å². The van der Waals surface area contributed by atoms with Crippen LogP contribution in [0.5, 0.6) is 0 Å². The van der Waals surface area contributed by atoms with Gasteiger partial charge in [0, 0.05) is 23.3 Å². The predicted octanol–water partition coefficient (Wildman–Crippen LogP) is 3.74. The number of carbonyl (C=O) groups excluding carboxylic acids is 1. The third-order valence-electron chi connectivity index (χ3n) is 4.82. The maximum absolute atomic E-state index is 12.5. The normalized spacial score (nSPS) is 19.0. The standard InChI is InChI=1S/C20H22N4O.2ClH/c1-14-12-16(10-11-21-14)23-20(25)15-6-8-17(9-7-15)24-13-22-18-4-2-3-5-19(18)24;;/h2-9,13-14,16,21H,10-12H2,1H3,(H,23,25);2*1H. The minimum absolute atomic E-state index is 0. The highest BCUT2D eigenvalue weighted by atomic mass is 35.5. The van der Waals surface area contributed by atoms with Crippen LogP contribution in [0.3, 0.4) is 0 Å². The summed E-state index contributed by atoms with van der Waals surface area (Å²) in [6, 6.07) is 16.4. The van der Waals surface area contributed by atoms with Gasteiger partial charge in [0.25, 0.3) is 5.91 Å². The minimum Gasteiger partial charge on any atom is -0.349 e. The van der Waals surface area contributed by atoms with Crippen molar-refractivity contribution < 1.29 is 4.79 Å². The topological polar surface area (TPSA) is 59.0 Å². The summed E-state index contributed by atoms with van der Waals surface area (Å²) in [5.74, 6) is 0.00105. The maximum Gasteiger partial charge on any atom is 0.251 e. The average Bonchev–Trinajstić information content (AvgIpc) is 3.06. The van der Waals surface area contributed by atoms with Gasteiger partial charge in [-0.05, 0) is 62.7 Å². The number of hydrogen-bond donors (Lipinski definition) is 2. The number of halogens is 2. The van der Waals surface area contributed by atoms with E-state index < -0.39 is 0 Å². The molecule has 1 amide bonds. The van der Waals surface area contributed by atoms with Crippen molar-refractivity contribution in [1.29, 1.82) is 0 Å². The molecule has 2 heterocycles.